The van der Waals surface area contributed by atoms with Crippen molar-refractivity contribution in [3.63, 3.8) is 0 Å². The number of urea groups is 1. The number of rotatable bonds is 9. The van der Waals surface area contributed by atoms with Crippen LogP contribution in [0.5, 0.6) is 5.75 Å². The van der Waals surface area contributed by atoms with Gasteiger partial charge in [0.05, 0.1) is 24.8 Å². The third kappa shape index (κ3) is 5.00. The first kappa shape index (κ1) is 19.8. The number of nitrogens with one attached hydrogen (secondary N) is 2. The van der Waals surface area contributed by atoms with Crippen LogP contribution in [0, 0.1) is 0 Å². The quantitative estimate of drug-likeness (QED) is 0.518. The molecule has 0 spiro atoms. The molecule has 2 N–H and O–H groups in total. The monoisotopic (exact) mass is 360 g/mol. The molecule has 0 fully saturated rings. The van der Waals surface area contributed by atoms with Crippen LogP contribution in [0.25, 0.3) is 0 Å². The first-order valence-electron chi connectivity index (χ1n) is 9.25. The van der Waals surface area contributed by atoms with Gasteiger partial charge in [0.15, 0.2) is 0 Å². The maximum absolute atomic E-state index is 12.7. The Balaban J connectivity index is 2.22. The largest absolute Gasteiger partial charge is 0.494 e. The van der Waals surface area contributed by atoms with Gasteiger partial charge >= 0.3 is 12.0 Å². The zero-order valence-electron chi connectivity index (χ0n) is 15.8. The summed E-state index contributed by atoms with van der Waals surface area (Å²) in [6.45, 7) is 6.61. The van der Waals surface area contributed by atoms with Crippen LogP contribution in [0.2, 0.25) is 0 Å². The summed E-state index contributed by atoms with van der Waals surface area (Å²) in [6, 6.07) is 6.45. The topological polar surface area (TPSA) is 76.7 Å². The fourth-order valence-corrected chi connectivity index (χ4v) is 2.98. The normalized spacial score (nSPS) is 16.7. The Morgan fingerprint density at radius 3 is 2.65 bits per heavy atom. The molecule has 0 saturated heterocycles. The molecule has 6 heteroatoms. The van der Waals surface area contributed by atoms with Crippen LogP contribution >= 0.6 is 0 Å². The second-order valence-electron chi connectivity index (χ2n) is 6.24. The van der Waals surface area contributed by atoms with Crippen molar-refractivity contribution in [1.29, 1.82) is 0 Å². The SMILES string of the molecule is CCCCCCOC(=O)C1=C(C)NC(=O)N[C@H]1c1ccccc1OCC. The molecule has 2 amide bonds. The Kier molecular flexibility index (Phi) is 7.51. The van der Waals surface area contributed by atoms with E-state index < -0.39 is 12.0 Å². The van der Waals surface area contributed by atoms with Gasteiger partial charge in [0.1, 0.15) is 5.75 Å². The zero-order chi connectivity index (χ0) is 18.9. The van der Waals surface area contributed by atoms with Gasteiger partial charge in [-0.25, -0.2) is 9.59 Å². The number of carbonyl (C=O) groups excluding carboxylic acids is 2. The minimum atomic E-state index is -0.602. The number of ether oxygens (including phenoxy) is 2. The molecular formula is C20H28N2O4. The maximum atomic E-state index is 12.7. The highest BCUT2D eigenvalue weighted by molar-refractivity contribution is 5.95. The van der Waals surface area contributed by atoms with E-state index in [9.17, 15) is 9.59 Å². The molecule has 0 radical (unpaired) electrons. The lowest BCUT2D eigenvalue weighted by atomic mass is 9.95. The molecule has 1 aromatic carbocycles. The number of benzene rings is 1. The molecule has 6 nitrogen and oxygen atoms in total. The van der Waals surface area contributed by atoms with Crippen molar-refractivity contribution >= 4 is 12.0 Å². The van der Waals surface area contributed by atoms with Crippen molar-refractivity contribution in [3.8, 4) is 5.75 Å². The minimum Gasteiger partial charge on any atom is -0.494 e. The van der Waals surface area contributed by atoms with E-state index in [-0.39, 0.29) is 6.03 Å². The number of esters is 1. The second-order valence-corrected chi connectivity index (χ2v) is 6.24. The van der Waals surface area contributed by atoms with Gasteiger partial charge in [-0.3, -0.25) is 0 Å². The van der Waals surface area contributed by atoms with E-state index in [2.05, 4.69) is 17.6 Å². The van der Waals surface area contributed by atoms with E-state index in [1.54, 1.807) is 6.92 Å². The van der Waals surface area contributed by atoms with Gasteiger partial charge in [0, 0.05) is 11.3 Å². The molecule has 0 aromatic heterocycles. The van der Waals surface area contributed by atoms with Crippen molar-refractivity contribution in [2.24, 2.45) is 0 Å². The molecule has 0 aliphatic carbocycles. The molecule has 0 bridgehead atoms. The average molecular weight is 360 g/mol. The predicted molar refractivity (Wildman–Crippen MR) is 99.8 cm³/mol. The molecule has 1 atom stereocenters. The molecule has 1 aliphatic heterocycles. The van der Waals surface area contributed by atoms with Crippen molar-refractivity contribution in [2.45, 2.75) is 52.5 Å². The van der Waals surface area contributed by atoms with Crippen LogP contribution in [0.15, 0.2) is 35.5 Å². The predicted octanol–water partition coefficient (Wildman–Crippen LogP) is 3.84. The molecule has 1 aliphatic rings. The Morgan fingerprint density at radius 1 is 1.15 bits per heavy atom. The molecule has 26 heavy (non-hydrogen) atoms. The van der Waals surface area contributed by atoms with Crippen LogP contribution in [0.4, 0.5) is 4.79 Å². The van der Waals surface area contributed by atoms with Gasteiger partial charge in [0.2, 0.25) is 0 Å². The van der Waals surface area contributed by atoms with Crippen LogP contribution in [0.3, 0.4) is 0 Å². The van der Waals surface area contributed by atoms with Crippen molar-refractivity contribution in [1.82, 2.24) is 10.6 Å². The first-order chi connectivity index (χ1) is 12.6. The van der Waals surface area contributed by atoms with Crippen LogP contribution in [-0.2, 0) is 9.53 Å². The van der Waals surface area contributed by atoms with Crippen molar-refractivity contribution < 1.29 is 19.1 Å². The number of amides is 2. The summed E-state index contributed by atoms with van der Waals surface area (Å²) in [4.78, 5) is 24.7. The number of para-hydroxylation sites is 1. The number of hydrogen-bond donors (Lipinski definition) is 2. The number of carbonyl (C=O) groups is 2. The van der Waals surface area contributed by atoms with Crippen molar-refractivity contribution in [2.75, 3.05) is 13.2 Å². The van der Waals surface area contributed by atoms with E-state index in [0.717, 1.165) is 31.2 Å². The van der Waals surface area contributed by atoms with E-state index in [0.29, 0.717) is 30.2 Å². The highest BCUT2D eigenvalue weighted by Gasteiger charge is 2.33. The number of hydrogen-bond acceptors (Lipinski definition) is 4. The molecule has 142 valence electrons. The van der Waals surface area contributed by atoms with Gasteiger partial charge in [0.25, 0.3) is 0 Å². The summed E-state index contributed by atoms with van der Waals surface area (Å²) in [7, 11) is 0. The first-order valence-corrected chi connectivity index (χ1v) is 9.25. The summed E-state index contributed by atoms with van der Waals surface area (Å²) < 4.78 is 11.1. The summed E-state index contributed by atoms with van der Waals surface area (Å²) in [6.07, 6.45) is 4.13. The summed E-state index contributed by atoms with van der Waals surface area (Å²) >= 11 is 0. The highest BCUT2D eigenvalue weighted by atomic mass is 16.5. The maximum Gasteiger partial charge on any atom is 0.338 e. The van der Waals surface area contributed by atoms with E-state index in [4.69, 9.17) is 9.47 Å². The second kappa shape index (κ2) is 9.85. The Morgan fingerprint density at radius 2 is 1.92 bits per heavy atom. The lowest BCUT2D eigenvalue weighted by Crippen LogP contribution is -2.45. The fourth-order valence-electron chi connectivity index (χ4n) is 2.98. The summed E-state index contributed by atoms with van der Waals surface area (Å²) in [5.41, 5.74) is 1.65. The summed E-state index contributed by atoms with van der Waals surface area (Å²) in [5, 5.41) is 5.47. The third-order valence-electron chi connectivity index (χ3n) is 4.25. The molecule has 1 heterocycles. The Bertz CT molecular complexity index is 670. The van der Waals surface area contributed by atoms with Gasteiger partial charge in [-0.2, -0.15) is 0 Å². The van der Waals surface area contributed by atoms with E-state index in [1.165, 1.54) is 0 Å². The van der Waals surface area contributed by atoms with E-state index in [1.807, 2.05) is 31.2 Å². The van der Waals surface area contributed by atoms with Gasteiger partial charge in [-0.05, 0) is 26.3 Å². The summed E-state index contributed by atoms with van der Waals surface area (Å²) in [5.74, 6) is 0.228. The molecule has 2 rings (SSSR count). The Hall–Kier alpha value is -2.50. The molecule has 0 saturated carbocycles. The fraction of sp³-hybridized carbons (Fsp3) is 0.500. The smallest absolute Gasteiger partial charge is 0.338 e. The van der Waals surface area contributed by atoms with Gasteiger partial charge in [-0.15, -0.1) is 0 Å². The molecule has 0 unspecified atom stereocenters. The number of allylic oxidation sites excluding steroid dienone is 1. The number of unbranched alkanes of at least 4 members (excludes halogenated alkanes) is 3. The van der Waals surface area contributed by atoms with Crippen LogP contribution in [0.1, 0.15) is 58.1 Å². The molecule has 1 aromatic rings. The Labute approximate surface area is 154 Å². The molecular weight excluding hydrogens is 332 g/mol. The van der Waals surface area contributed by atoms with Gasteiger partial charge < -0.3 is 20.1 Å². The van der Waals surface area contributed by atoms with Gasteiger partial charge in [-0.1, -0.05) is 44.4 Å². The lowest BCUT2D eigenvalue weighted by molar-refractivity contribution is -0.139. The zero-order valence-corrected chi connectivity index (χ0v) is 15.8. The third-order valence-corrected chi connectivity index (χ3v) is 4.25. The van der Waals surface area contributed by atoms with Crippen LogP contribution < -0.4 is 15.4 Å². The standard InChI is InChI=1S/C20H28N2O4/c1-4-6-7-10-13-26-19(23)17-14(3)21-20(24)22-18(17)15-11-8-9-12-16(15)25-5-2/h8-9,11-12,18H,4-7,10,13H2,1-3H3,(H2,21,22,24)/t18-/m0/s1. The van der Waals surface area contributed by atoms with Crippen molar-refractivity contribution in [3.05, 3.63) is 41.1 Å². The average Bonchev–Trinajstić information content (AvgIpc) is 2.61. The highest BCUT2D eigenvalue weighted by Crippen LogP contribution is 2.33. The van der Waals surface area contributed by atoms with E-state index >= 15 is 0 Å². The minimum absolute atomic E-state index is 0.349. The lowest BCUT2D eigenvalue weighted by Gasteiger charge is -2.29. The van der Waals surface area contributed by atoms with Crippen LogP contribution in [-0.4, -0.2) is 25.2 Å².